The first-order chi connectivity index (χ1) is 13.2. The van der Waals surface area contributed by atoms with E-state index >= 15 is 0 Å². The van der Waals surface area contributed by atoms with E-state index in [0.717, 1.165) is 24.8 Å². The molecule has 0 saturated carbocycles. The zero-order valence-electron chi connectivity index (χ0n) is 15.7. The number of ether oxygens (including phenoxy) is 1. The van der Waals surface area contributed by atoms with Gasteiger partial charge in [0, 0.05) is 0 Å². The Balaban J connectivity index is 1.66. The van der Waals surface area contributed by atoms with E-state index in [1.165, 1.54) is 16.9 Å². The van der Waals surface area contributed by atoms with Crippen LogP contribution in [0.3, 0.4) is 0 Å². The van der Waals surface area contributed by atoms with Crippen molar-refractivity contribution in [3.05, 3.63) is 66.2 Å². The Morgan fingerprint density at radius 3 is 2.30 bits per heavy atom. The fourth-order valence-electron chi connectivity index (χ4n) is 2.72. The third kappa shape index (κ3) is 8.42. The Morgan fingerprint density at radius 2 is 1.63 bits per heavy atom. The Bertz CT molecular complexity index is 691. The van der Waals surface area contributed by atoms with Crippen LogP contribution in [0.1, 0.15) is 31.2 Å². The van der Waals surface area contributed by atoms with Gasteiger partial charge in [0.15, 0.2) is 0 Å². The molecule has 0 aliphatic rings. The van der Waals surface area contributed by atoms with E-state index in [1.54, 1.807) is 0 Å². The third-order valence-corrected chi connectivity index (χ3v) is 6.47. The standard InChI is InChI=1S/C22H27NO3Se/c1-26-22(25)20(17-18-11-5-2-6-12-18)23-21(24)15-9-4-10-16-27-19-13-7-3-8-14-19/h2-3,5-8,11-14,20H,4,9-10,15-17H2,1H3,(H,23,24)/t20-/m0/s1. The van der Waals surface area contributed by atoms with Gasteiger partial charge >= 0.3 is 162 Å². The number of nitrogens with one attached hydrogen (secondary N) is 1. The molecule has 0 saturated heterocycles. The first-order valence-corrected chi connectivity index (χ1v) is 11.3. The average Bonchev–Trinajstić information content (AvgIpc) is 2.71. The molecule has 0 aromatic heterocycles. The average molecular weight is 432 g/mol. The molecule has 0 aliphatic carbocycles. The molecular formula is C22H27NO3Se. The van der Waals surface area contributed by atoms with Crippen molar-refractivity contribution in [3.63, 3.8) is 0 Å². The minimum absolute atomic E-state index is 0.0881. The van der Waals surface area contributed by atoms with Crippen molar-refractivity contribution in [1.82, 2.24) is 5.32 Å². The van der Waals surface area contributed by atoms with Crippen LogP contribution in [-0.2, 0) is 20.7 Å². The minimum atomic E-state index is -0.633. The number of carbonyl (C=O) groups is 2. The molecule has 0 fully saturated rings. The van der Waals surface area contributed by atoms with Gasteiger partial charge in [-0.1, -0.05) is 6.07 Å². The molecule has 1 atom stereocenters. The van der Waals surface area contributed by atoms with Gasteiger partial charge in [-0.15, -0.1) is 0 Å². The number of rotatable bonds is 11. The van der Waals surface area contributed by atoms with Gasteiger partial charge in [0.1, 0.15) is 0 Å². The summed E-state index contributed by atoms with van der Waals surface area (Å²) in [6, 6.07) is 19.6. The number of hydrogen-bond donors (Lipinski definition) is 1. The summed E-state index contributed by atoms with van der Waals surface area (Å²) < 4.78 is 6.25. The Kier molecular flexibility index (Phi) is 9.67. The van der Waals surface area contributed by atoms with Crippen molar-refractivity contribution >= 4 is 31.3 Å². The number of amides is 1. The second kappa shape index (κ2) is 12.3. The van der Waals surface area contributed by atoms with E-state index < -0.39 is 12.0 Å². The maximum atomic E-state index is 12.2. The molecule has 4 nitrogen and oxygen atoms in total. The molecule has 1 amide bonds. The molecule has 0 aliphatic heterocycles. The number of unbranched alkanes of at least 4 members (excludes halogenated alkanes) is 2. The fraction of sp³-hybridized carbons (Fsp3) is 0.364. The summed E-state index contributed by atoms with van der Waals surface area (Å²) in [4.78, 5) is 24.2. The topological polar surface area (TPSA) is 55.4 Å². The number of carbonyl (C=O) groups excluding carboxylic acids is 2. The maximum absolute atomic E-state index is 12.2. The first-order valence-electron chi connectivity index (χ1n) is 9.28. The second-order valence-corrected chi connectivity index (χ2v) is 8.76. The summed E-state index contributed by atoms with van der Waals surface area (Å²) in [5.41, 5.74) is 0.997. The van der Waals surface area contributed by atoms with Crippen LogP contribution in [0.5, 0.6) is 0 Å². The van der Waals surface area contributed by atoms with Gasteiger partial charge in [-0.25, -0.2) is 0 Å². The van der Waals surface area contributed by atoms with Gasteiger partial charge in [0.25, 0.3) is 0 Å². The van der Waals surface area contributed by atoms with Crippen LogP contribution in [0.15, 0.2) is 60.7 Å². The molecule has 0 spiro atoms. The number of methoxy groups -OCH3 is 1. The van der Waals surface area contributed by atoms with Crippen molar-refractivity contribution in [1.29, 1.82) is 0 Å². The molecule has 2 aromatic carbocycles. The van der Waals surface area contributed by atoms with E-state index in [4.69, 9.17) is 4.74 Å². The molecule has 0 radical (unpaired) electrons. The molecule has 27 heavy (non-hydrogen) atoms. The molecule has 144 valence electrons. The summed E-state index contributed by atoms with van der Waals surface area (Å²) in [5.74, 6) is -0.493. The molecule has 1 N–H and O–H groups in total. The quantitative estimate of drug-likeness (QED) is 0.338. The molecule has 5 heteroatoms. The van der Waals surface area contributed by atoms with Gasteiger partial charge in [-0.3, -0.25) is 0 Å². The normalized spacial score (nSPS) is 11.6. The Hall–Kier alpha value is -2.10. The fourth-order valence-corrected chi connectivity index (χ4v) is 4.68. The number of benzene rings is 2. The summed E-state index contributed by atoms with van der Waals surface area (Å²) in [7, 11) is 1.35. The Morgan fingerprint density at radius 1 is 0.963 bits per heavy atom. The van der Waals surface area contributed by atoms with Crippen LogP contribution in [0, 0.1) is 0 Å². The molecule has 0 heterocycles. The molecule has 2 aromatic rings. The van der Waals surface area contributed by atoms with Crippen molar-refractivity contribution in [2.45, 2.75) is 43.5 Å². The van der Waals surface area contributed by atoms with Gasteiger partial charge in [-0.05, 0) is 0 Å². The van der Waals surface area contributed by atoms with E-state index in [0.29, 0.717) is 27.8 Å². The van der Waals surface area contributed by atoms with E-state index in [-0.39, 0.29) is 5.91 Å². The third-order valence-electron chi connectivity index (χ3n) is 4.16. The summed E-state index contributed by atoms with van der Waals surface area (Å²) in [5, 5.41) is 4.02. The van der Waals surface area contributed by atoms with Crippen molar-refractivity contribution in [2.24, 2.45) is 0 Å². The number of hydrogen-bond acceptors (Lipinski definition) is 3. The first kappa shape index (κ1) is 21.2. The van der Waals surface area contributed by atoms with Crippen LogP contribution in [0.25, 0.3) is 0 Å². The van der Waals surface area contributed by atoms with Crippen molar-refractivity contribution in [2.75, 3.05) is 7.11 Å². The predicted molar refractivity (Wildman–Crippen MR) is 109 cm³/mol. The van der Waals surface area contributed by atoms with Gasteiger partial charge in [0.2, 0.25) is 0 Å². The van der Waals surface area contributed by atoms with Gasteiger partial charge in [0.05, 0.1) is 0 Å². The molecule has 0 bridgehead atoms. The van der Waals surface area contributed by atoms with Crippen LogP contribution in [0.2, 0.25) is 5.32 Å². The van der Waals surface area contributed by atoms with Crippen molar-refractivity contribution in [3.8, 4) is 0 Å². The van der Waals surface area contributed by atoms with Crippen LogP contribution in [0.4, 0.5) is 0 Å². The molecule has 2 rings (SSSR count). The monoisotopic (exact) mass is 433 g/mol. The predicted octanol–water partition coefficient (Wildman–Crippen LogP) is 2.90. The van der Waals surface area contributed by atoms with Crippen LogP contribution < -0.4 is 9.78 Å². The van der Waals surface area contributed by atoms with E-state index in [1.807, 2.05) is 36.4 Å². The second-order valence-electron chi connectivity index (χ2n) is 6.31. The van der Waals surface area contributed by atoms with Gasteiger partial charge in [-0.2, -0.15) is 0 Å². The Labute approximate surface area is 167 Å². The van der Waals surface area contributed by atoms with E-state index in [9.17, 15) is 9.59 Å². The summed E-state index contributed by atoms with van der Waals surface area (Å²) in [6.45, 7) is 0. The summed E-state index contributed by atoms with van der Waals surface area (Å²) >= 11 is 0.509. The van der Waals surface area contributed by atoms with Crippen molar-refractivity contribution < 1.29 is 14.3 Å². The molecular weight excluding hydrogens is 405 g/mol. The van der Waals surface area contributed by atoms with Gasteiger partial charge < -0.3 is 0 Å². The van der Waals surface area contributed by atoms with Crippen LogP contribution in [-0.4, -0.2) is 40.0 Å². The summed E-state index contributed by atoms with van der Waals surface area (Å²) in [6.07, 6.45) is 3.89. The zero-order valence-corrected chi connectivity index (χ0v) is 17.4. The SMILES string of the molecule is COC(=O)[C@H](Cc1ccccc1)NC(=O)CCCCC[Se]c1ccccc1. The van der Waals surface area contributed by atoms with E-state index in [2.05, 4.69) is 29.6 Å². The zero-order chi connectivity index (χ0) is 19.3. The van der Waals surface area contributed by atoms with Crippen LogP contribution >= 0.6 is 0 Å². The number of esters is 1. The molecule has 0 unspecified atom stereocenters.